The summed E-state index contributed by atoms with van der Waals surface area (Å²) < 4.78 is 5.16. The molecule has 0 aliphatic heterocycles. The normalized spacial score (nSPS) is 10.1. The van der Waals surface area contributed by atoms with E-state index in [-0.39, 0.29) is 5.97 Å². The third kappa shape index (κ3) is 2.51. The van der Waals surface area contributed by atoms with Crippen LogP contribution >= 0.6 is 0 Å². The molecule has 0 spiro atoms. The van der Waals surface area contributed by atoms with Gasteiger partial charge < -0.3 is 9.72 Å². The van der Waals surface area contributed by atoms with Crippen molar-refractivity contribution in [3.05, 3.63) is 59.4 Å². The van der Waals surface area contributed by atoms with Crippen molar-refractivity contribution in [1.29, 1.82) is 0 Å². The Bertz CT molecular complexity index is 474. The standard InChI is InChI=1S/C13H13NO2/c1-10-7-12(14-8-10)13(15)16-9-11-5-3-2-4-6-11/h2-8,14H,9H2,1H3. The van der Waals surface area contributed by atoms with Gasteiger partial charge >= 0.3 is 5.97 Å². The van der Waals surface area contributed by atoms with Gasteiger partial charge in [0.1, 0.15) is 12.3 Å². The number of ether oxygens (including phenoxy) is 1. The lowest BCUT2D eigenvalue weighted by Crippen LogP contribution is -2.05. The summed E-state index contributed by atoms with van der Waals surface area (Å²) in [4.78, 5) is 14.4. The molecule has 0 unspecified atom stereocenters. The summed E-state index contributed by atoms with van der Waals surface area (Å²) in [5.41, 5.74) is 2.50. The monoisotopic (exact) mass is 215 g/mol. The number of aromatic nitrogens is 1. The van der Waals surface area contributed by atoms with Crippen LogP contribution in [-0.2, 0) is 11.3 Å². The van der Waals surface area contributed by atoms with E-state index in [2.05, 4.69) is 4.98 Å². The van der Waals surface area contributed by atoms with Crippen molar-refractivity contribution in [3.63, 3.8) is 0 Å². The second-order valence-electron chi connectivity index (χ2n) is 3.65. The first kappa shape index (κ1) is 10.5. The highest BCUT2D eigenvalue weighted by molar-refractivity contribution is 5.87. The molecule has 1 aromatic heterocycles. The van der Waals surface area contributed by atoms with Gasteiger partial charge in [0, 0.05) is 6.20 Å². The molecule has 2 aromatic rings. The highest BCUT2D eigenvalue weighted by Crippen LogP contribution is 2.06. The number of carbonyl (C=O) groups is 1. The van der Waals surface area contributed by atoms with Gasteiger partial charge in [0.2, 0.25) is 0 Å². The summed E-state index contributed by atoms with van der Waals surface area (Å²) in [7, 11) is 0. The fraction of sp³-hybridized carbons (Fsp3) is 0.154. The summed E-state index contributed by atoms with van der Waals surface area (Å²) in [6.45, 7) is 2.22. The number of H-pyrrole nitrogens is 1. The molecule has 0 atom stereocenters. The zero-order valence-electron chi connectivity index (χ0n) is 9.07. The first-order valence-corrected chi connectivity index (χ1v) is 5.12. The molecule has 2 rings (SSSR count). The van der Waals surface area contributed by atoms with Crippen LogP contribution in [0.3, 0.4) is 0 Å². The van der Waals surface area contributed by atoms with Crippen LogP contribution in [0.5, 0.6) is 0 Å². The lowest BCUT2D eigenvalue weighted by Gasteiger charge is -2.02. The largest absolute Gasteiger partial charge is 0.456 e. The van der Waals surface area contributed by atoms with Gasteiger partial charge in [-0.15, -0.1) is 0 Å². The van der Waals surface area contributed by atoms with Gasteiger partial charge in [-0.05, 0) is 24.1 Å². The molecule has 0 fully saturated rings. The molecule has 82 valence electrons. The van der Waals surface area contributed by atoms with Crippen molar-refractivity contribution >= 4 is 5.97 Å². The van der Waals surface area contributed by atoms with E-state index in [9.17, 15) is 4.79 Å². The quantitative estimate of drug-likeness (QED) is 0.800. The molecule has 0 aliphatic carbocycles. The highest BCUT2D eigenvalue weighted by Gasteiger charge is 2.08. The Hall–Kier alpha value is -2.03. The number of benzene rings is 1. The maximum atomic E-state index is 11.6. The first-order valence-electron chi connectivity index (χ1n) is 5.12. The van der Waals surface area contributed by atoms with Crippen LogP contribution in [-0.4, -0.2) is 11.0 Å². The molecular weight excluding hydrogens is 202 g/mol. The smallest absolute Gasteiger partial charge is 0.355 e. The molecule has 3 heteroatoms. The predicted octanol–water partition coefficient (Wildman–Crippen LogP) is 2.68. The maximum Gasteiger partial charge on any atom is 0.355 e. The lowest BCUT2D eigenvalue weighted by molar-refractivity contribution is 0.0466. The fourth-order valence-corrected chi connectivity index (χ4v) is 1.42. The molecule has 16 heavy (non-hydrogen) atoms. The van der Waals surface area contributed by atoms with Crippen LogP contribution < -0.4 is 0 Å². The van der Waals surface area contributed by atoms with Gasteiger partial charge in [0.25, 0.3) is 0 Å². The number of aromatic amines is 1. The summed E-state index contributed by atoms with van der Waals surface area (Å²) in [6.07, 6.45) is 1.78. The van der Waals surface area contributed by atoms with Crippen LogP contribution in [0.4, 0.5) is 0 Å². The van der Waals surface area contributed by atoms with E-state index in [0.717, 1.165) is 11.1 Å². The number of hydrogen-bond donors (Lipinski definition) is 1. The zero-order valence-corrected chi connectivity index (χ0v) is 9.07. The summed E-state index contributed by atoms with van der Waals surface area (Å²) in [5.74, 6) is -0.322. The number of hydrogen-bond acceptors (Lipinski definition) is 2. The van der Waals surface area contributed by atoms with Gasteiger partial charge in [-0.3, -0.25) is 0 Å². The third-order valence-corrected chi connectivity index (χ3v) is 2.26. The lowest BCUT2D eigenvalue weighted by atomic mass is 10.2. The SMILES string of the molecule is Cc1c[nH]c(C(=O)OCc2ccccc2)c1. The molecule has 1 aromatic carbocycles. The first-order chi connectivity index (χ1) is 7.75. The Balaban J connectivity index is 1.94. The Morgan fingerprint density at radius 3 is 2.69 bits per heavy atom. The molecule has 0 amide bonds. The van der Waals surface area contributed by atoms with Crippen LogP contribution in [0, 0.1) is 6.92 Å². The molecule has 0 saturated heterocycles. The van der Waals surface area contributed by atoms with E-state index >= 15 is 0 Å². The third-order valence-electron chi connectivity index (χ3n) is 2.26. The molecule has 0 radical (unpaired) electrons. The second kappa shape index (κ2) is 4.66. The van der Waals surface area contributed by atoms with Crippen molar-refractivity contribution in [1.82, 2.24) is 4.98 Å². The van der Waals surface area contributed by atoms with Crippen molar-refractivity contribution < 1.29 is 9.53 Å². The van der Waals surface area contributed by atoms with Gasteiger partial charge in [-0.1, -0.05) is 30.3 Å². The summed E-state index contributed by atoms with van der Waals surface area (Å²) >= 11 is 0. The van der Waals surface area contributed by atoms with Crippen molar-refractivity contribution in [2.24, 2.45) is 0 Å². The molecular formula is C13H13NO2. The van der Waals surface area contributed by atoms with Gasteiger partial charge in [-0.25, -0.2) is 4.79 Å². The number of esters is 1. The van der Waals surface area contributed by atoms with Gasteiger partial charge in [0.15, 0.2) is 0 Å². The van der Waals surface area contributed by atoms with E-state index < -0.39 is 0 Å². The Morgan fingerprint density at radius 2 is 2.06 bits per heavy atom. The minimum absolute atomic E-state index is 0.303. The Kier molecular flexibility index (Phi) is 3.05. The molecule has 0 bridgehead atoms. The zero-order chi connectivity index (χ0) is 11.4. The van der Waals surface area contributed by atoms with Crippen molar-refractivity contribution in [3.8, 4) is 0 Å². The maximum absolute atomic E-state index is 11.6. The Morgan fingerprint density at radius 1 is 1.31 bits per heavy atom. The average molecular weight is 215 g/mol. The van der Waals surface area contributed by atoms with Gasteiger partial charge in [-0.2, -0.15) is 0 Å². The second-order valence-corrected chi connectivity index (χ2v) is 3.65. The van der Waals surface area contributed by atoms with E-state index in [1.54, 1.807) is 12.3 Å². The fourth-order valence-electron chi connectivity index (χ4n) is 1.42. The minimum atomic E-state index is -0.322. The van der Waals surface area contributed by atoms with Crippen LogP contribution in [0.1, 0.15) is 21.6 Å². The summed E-state index contributed by atoms with van der Waals surface area (Å²) in [5, 5.41) is 0. The average Bonchev–Trinajstić information content (AvgIpc) is 2.74. The van der Waals surface area contributed by atoms with Crippen molar-refractivity contribution in [2.75, 3.05) is 0 Å². The molecule has 1 N–H and O–H groups in total. The molecule has 1 heterocycles. The van der Waals surface area contributed by atoms with E-state index in [1.165, 1.54) is 0 Å². The van der Waals surface area contributed by atoms with Crippen LogP contribution in [0.2, 0.25) is 0 Å². The predicted molar refractivity (Wildman–Crippen MR) is 61.1 cm³/mol. The van der Waals surface area contributed by atoms with Crippen LogP contribution in [0.15, 0.2) is 42.6 Å². The number of rotatable bonds is 3. The molecule has 0 aliphatic rings. The number of nitrogens with one attached hydrogen (secondary N) is 1. The van der Waals surface area contributed by atoms with Gasteiger partial charge in [0.05, 0.1) is 0 Å². The molecule has 0 saturated carbocycles. The minimum Gasteiger partial charge on any atom is -0.456 e. The topological polar surface area (TPSA) is 42.1 Å². The van der Waals surface area contributed by atoms with Crippen LogP contribution in [0.25, 0.3) is 0 Å². The number of carbonyl (C=O) groups excluding carboxylic acids is 1. The summed E-state index contributed by atoms with van der Waals surface area (Å²) in [6, 6.07) is 11.4. The Labute approximate surface area is 94.1 Å². The highest BCUT2D eigenvalue weighted by atomic mass is 16.5. The van der Waals surface area contributed by atoms with E-state index in [4.69, 9.17) is 4.74 Å². The van der Waals surface area contributed by atoms with Crippen molar-refractivity contribution in [2.45, 2.75) is 13.5 Å². The number of aryl methyl sites for hydroxylation is 1. The van der Waals surface area contributed by atoms with E-state index in [1.807, 2.05) is 37.3 Å². The van der Waals surface area contributed by atoms with E-state index in [0.29, 0.717) is 12.3 Å². The molecule has 3 nitrogen and oxygen atoms in total.